The number of epoxide rings is 1. The molecule has 2 heteroatoms. The van der Waals surface area contributed by atoms with Crippen LogP contribution in [0.4, 0.5) is 0 Å². The summed E-state index contributed by atoms with van der Waals surface area (Å²) in [6.45, 7) is 4.02. The summed E-state index contributed by atoms with van der Waals surface area (Å²) in [6, 6.07) is 0. The van der Waals surface area contributed by atoms with Crippen molar-refractivity contribution in [2.24, 2.45) is 4.99 Å². The molecular formula is C4H5NO. The van der Waals surface area contributed by atoms with E-state index in [-0.39, 0.29) is 6.23 Å². The van der Waals surface area contributed by atoms with Crippen LogP contribution in [0, 0.1) is 0 Å². The molecule has 0 saturated carbocycles. The molecule has 1 unspecified atom stereocenters. The molecule has 0 radical (unpaired) electrons. The molecule has 0 bridgehead atoms. The number of rotatable bonds is 1. The minimum Gasteiger partial charge on any atom is -0.349 e. The average molecular weight is 83.1 g/mol. The molecule has 0 amide bonds. The van der Waals surface area contributed by atoms with Gasteiger partial charge in [0.05, 0.1) is 6.61 Å². The fourth-order valence-electron chi connectivity index (χ4n) is 0.219. The van der Waals surface area contributed by atoms with Crippen LogP contribution in [-0.2, 0) is 4.74 Å². The van der Waals surface area contributed by atoms with Crippen molar-refractivity contribution in [2.45, 2.75) is 6.23 Å². The third kappa shape index (κ3) is 0.677. The highest BCUT2D eigenvalue weighted by Crippen LogP contribution is 2.07. The van der Waals surface area contributed by atoms with Crippen LogP contribution in [0.2, 0.25) is 0 Å². The third-order valence-electron chi connectivity index (χ3n) is 0.551. The molecule has 6 heavy (non-hydrogen) atoms. The monoisotopic (exact) mass is 83.0 g/mol. The molecule has 1 rings (SSSR count). The van der Waals surface area contributed by atoms with Crippen molar-refractivity contribution in [3.63, 3.8) is 0 Å². The number of hydrogen-bond acceptors (Lipinski definition) is 2. The molecular weight excluding hydrogens is 78.0 g/mol. The molecule has 1 atom stereocenters. The third-order valence-corrected chi connectivity index (χ3v) is 0.551. The van der Waals surface area contributed by atoms with Crippen molar-refractivity contribution in [3.05, 3.63) is 6.58 Å². The van der Waals surface area contributed by atoms with E-state index >= 15 is 0 Å². The zero-order valence-electron chi connectivity index (χ0n) is 3.35. The predicted octanol–water partition coefficient (Wildman–Crippen LogP) is 0.198. The van der Waals surface area contributed by atoms with Crippen LogP contribution in [0.1, 0.15) is 0 Å². The van der Waals surface area contributed by atoms with Crippen molar-refractivity contribution in [1.82, 2.24) is 0 Å². The average Bonchev–Trinajstić information content (AvgIpc) is 2.21. The smallest absolute Gasteiger partial charge is 0.180 e. The van der Waals surface area contributed by atoms with Crippen LogP contribution < -0.4 is 0 Å². The van der Waals surface area contributed by atoms with E-state index < -0.39 is 0 Å². The van der Waals surface area contributed by atoms with E-state index in [2.05, 4.69) is 22.2 Å². The minimum absolute atomic E-state index is 0.0995. The molecule has 1 aliphatic heterocycles. The SMILES string of the molecule is C=C=NC1CO1. The molecule has 0 aliphatic carbocycles. The number of hydrogen-bond donors (Lipinski definition) is 0. The molecule has 0 spiro atoms. The molecule has 1 saturated heterocycles. The van der Waals surface area contributed by atoms with Gasteiger partial charge in [-0.15, -0.1) is 0 Å². The largest absolute Gasteiger partial charge is 0.349 e. The lowest BCUT2D eigenvalue weighted by molar-refractivity contribution is 0.417. The van der Waals surface area contributed by atoms with Gasteiger partial charge >= 0.3 is 0 Å². The van der Waals surface area contributed by atoms with E-state index in [0.29, 0.717) is 0 Å². The first kappa shape index (κ1) is 3.59. The van der Waals surface area contributed by atoms with Gasteiger partial charge in [-0.25, -0.2) is 4.99 Å². The number of ether oxygens (including phenoxy) is 1. The van der Waals surface area contributed by atoms with Gasteiger partial charge in [0.2, 0.25) is 0 Å². The maximum atomic E-state index is 4.68. The van der Waals surface area contributed by atoms with Crippen molar-refractivity contribution < 1.29 is 4.74 Å². The summed E-state index contributed by atoms with van der Waals surface area (Å²) in [7, 11) is 0. The predicted molar refractivity (Wildman–Crippen MR) is 22.8 cm³/mol. The second-order valence-corrected chi connectivity index (χ2v) is 1.08. The highest BCUT2D eigenvalue weighted by atomic mass is 16.6. The van der Waals surface area contributed by atoms with Crippen LogP contribution in [-0.4, -0.2) is 18.7 Å². The Morgan fingerprint density at radius 1 is 2.00 bits per heavy atom. The lowest BCUT2D eigenvalue weighted by Gasteiger charge is -1.62. The Kier molecular flexibility index (Phi) is 0.748. The number of nitrogens with zero attached hydrogens (tertiary/aromatic N) is 1. The van der Waals surface area contributed by atoms with Gasteiger partial charge in [0, 0.05) is 0 Å². The lowest BCUT2D eigenvalue weighted by atomic mass is 10.8. The second kappa shape index (κ2) is 1.25. The van der Waals surface area contributed by atoms with Gasteiger partial charge in [-0.2, -0.15) is 0 Å². The molecule has 1 heterocycles. The van der Waals surface area contributed by atoms with Gasteiger partial charge < -0.3 is 4.74 Å². The molecule has 0 N–H and O–H groups in total. The Labute approximate surface area is 36.1 Å². The number of aliphatic imine (C=N–C) groups is 1. The Bertz CT molecular complexity index is 89.7. The Morgan fingerprint density at radius 3 is 2.83 bits per heavy atom. The van der Waals surface area contributed by atoms with Crippen molar-refractivity contribution in [1.29, 1.82) is 0 Å². The van der Waals surface area contributed by atoms with Crippen LogP contribution in [0.25, 0.3) is 0 Å². The van der Waals surface area contributed by atoms with Crippen molar-refractivity contribution in [2.75, 3.05) is 6.61 Å². The van der Waals surface area contributed by atoms with Crippen molar-refractivity contribution in [3.8, 4) is 0 Å². The highest BCUT2D eigenvalue weighted by molar-refractivity contribution is 5.46. The zero-order valence-corrected chi connectivity index (χ0v) is 3.35. The first-order chi connectivity index (χ1) is 2.93. The Morgan fingerprint density at radius 2 is 2.67 bits per heavy atom. The standard InChI is InChI=1S/C4H5NO/c1-2-5-4-3-6-4/h4H,1,3H2. The fraction of sp³-hybridized carbons (Fsp3) is 0.500. The van der Waals surface area contributed by atoms with Gasteiger partial charge in [0.1, 0.15) is 0 Å². The van der Waals surface area contributed by atoms with Crippen molar-refractivity contribution >= 4 is 5.87 Å². The Hall–Kier alpha value is -0.590. The van der Waals surface area contributed by atoms with E-state index in [1.165, 1.54) is 0 Å². The van der Waals surface area contributed by atoms with Crippen LogP contribution in [0.5, 0.6) is 0 Å². The maximum absolute atomic E-state index is 4.68. The van der Waals surface area contributed by atoms with Gasteiger partial charge in [-0.05, 0) is 12.4 Å². The second-order valence-electron chi connectivity index (χ2n) is 1.08. The first-order valence-electron chi connectivity index (χ1n) is 1.77. The quantitative estimate of drug-likeness (QED) is 0.328. The fourth-order valence-corrected chi connectivity index (χ4v) is 0.219. The van der Waals surface area contributed by atoms with Crippen LogP contribution in [0.3, 0.4) is 0 Å². The zero-order chi connectivity index (χ0) is 4.41. The normalized spacial score (nSPS) is 28.3. The lowest BCUT2D eigenvalue weighted by Crippen LogP contribution is -1.69. The molecule has 2 nitrogen and oxygen atoms in total. The van der Waals surface area contributed by atoms with E-state index in [9.17, 15) is 0 Å². The summed E-state index contributed by atoms with van der Waals surface area (Å²) in [5.41, 5.74) is 0. The summed E-state index contributed by atoms with van der Waals surface area (Å²) in [5, 5.41) is 0. The molecule has 1 fully saturated rings. The van der Waals surface area contributed by atoms with Gasteiger partial charge in [0.15, 0.2) is 6.23 Å². The molecule has 32 valence electrons. The summed E-state index contributed by atoms with van der Waals surface area (Å²) < 4.78 is 4.68. The van der Waals surface area contributed by atoms with Crippen LogP contribution in [0.15, 0.2) is 11.6 Å². The molecule has 1 aliphatic rings. The summed E-state index contributed by atoms with van der Waals surface area (Å²) >= 11 is 0. The van der Waals surface area contributed by atoms with Gasteiger partial charge in [-0.3, -0.25) is 0 Å². The maximum Gasteiger partial charge on any atom is 0.180 e. The van der Waals surface area contributed by atoms with E-state index in [1.54, 1.807) is 0 Å². The Balaban J connectivity index is 2.33. The van der Waals surface area contributed by atoms with Gasteiger partial charge in [-0.1, -0.05) is 0 Å². The van der Waals surface area contributed by atoms with Gasteiger partial charge in [0.25, 0.3) is 0 Å². The molecule has 0 aromatic carbocycles. The first-order valence-corrected chi connectivity index (χ1v) is 1.77. The highest BCUT2D eigenvalue weighted by Gasteiger charge is 2.19. The van der Waals surface area contributed by atoms with Crippen LogP contribution >= 0.6 is 0 Å². The van der Waals surface area contributed by atoms with E-state index in [4.69, 9.17) is 0 Å². The summed E-state index contributed by atoms with van der Waals surface area (Å²) in [5.74, 6) is 2.38. The topological polar surface area (TPSA) is 24.9 Å². The molecule has 0 aromatic rings. The summed E-state index contributed by atoms with van der Waals surface area (Å²) in [6.07, 6.45) is 0.0995. The molecule has 0 aromatic heterocycles. The minimum atomic E-state index is 0.0995. The van der Waals surface area contributed by atoms with E-state index in [1.807, 2.05) is 0 Å². The summed E-state index contributed by atoms with van der Waals surface area (Å²) in [4.78, 5) is 3.65. The van der Waals surface area contributed by atoms with E-state index in [0.717, 1.165) is 6.61 Å².